The van der Waals surface area contributed by atoms with Crippen molar-refractivity contribution >= 4 is 17.7 Å². The fourth-order valence-electron chi connectivity index (χ4n) is 1.48. The van der Waals surface area contributed by atoms with Gasteiger partial charge in [0, 0.05) is 19.0 Å². The van der Waals surface area contributed by atoms with E-state index in [0.717, 1.165) is 12.1 Å². The Bertz CT molecular complexity index is 526. The van der Waals surface area contributed by atoms with E-state index >= 15 is 0 Å². The molecule has 0 spiro atoms. The van der Waals surface area contributed by atoms with Crippen molar-refractivity contribution in [3.05, 3.63) is 24.0 Å². The molecule has 9 heteroatoms. The van der Waals surface area contributed by atoms with Crippen molar-refractivity contribution in [1.82, 2.24) is 5.32 Å². The van der Waals surface area contributed by atoms with Gasteiger partial charge in [0.05, 0.1) is 5.69 Å². The van der Waals surface area contributed by atoms with Crippen LogP contribution in [0.2, 0.25) is 0 Å². The number of anilines is 1. The summed E-state index contributed by atoms with van der Waals surface area (Å²) in [5.74, 6) is -1.90. The number of hydrogen-bond acceptors (Lipinski definition) is 3. The van der Waals surface area contributed by atoms with E-state index in [1.165, 1.54) is 6.07 Å². The molecule has 0 aliphatic heterocycles. The number of carboxylic acids is 1. The summed E-state index contributed by atoms with van der Waals surface area (Å²) < 4.78 is 42.0. The first kappa shape index (κ1) is 17.6. The number of carbonyl (C=O) groups excluding carboxylic acids is 1. The monoisotopic (exact) mass is 320 g/mol. The van der Waals surface area contributed by atoms with Gasteiger partial charge in [-0.25, -0.2) is 18.0 Å². The number of nitrogens with one attached hydrogen (secondary N) is 2. The Morgan fingerprint density at radius 1 is 1.32 bits per heavy atom. The Morgan fingerprint density at radius 3 is 2.68 bits per heavy atom. The maximum Gasteiger partial charge on any atom is 0.319 e. The lowest BCUT2D eigenvalue weighted by Crippen LogP contribution is -2.30. The van der Waals surface area contributed by atoms with Crippen LogP contribution in [0.25, 0.3) is 0 Å². The van der Waals surface area contributed by atoms with Crippen LogP contribution in [0.4, 0.5) is 23.7 Å². The summed E-state index contributed by atoms with van der Waals surface area (Å²) in [6, 6.07) is 2.41. The molecule has 0 radical (unpaired) electrons. The van der Waals surface area contributed by atoms with Gasteiger partial charge in [-0.2, -0.15) is 0 Å². The number of halogens is 3. The molecule has 0 aliphatic rings. The zero-order chi connectivity index (χ0) is 16.5. The van der Waals surface area contributed by atoms with Crippen LogP contribution in [0.3, 0.4) is 0 Å². The number of aliphatic carboxylic acids is 1. The van der Waals surface area contributed by atoms with Gasteiger partial charge in [-0.1, -0.05) is 0 Å². The molecule has 122 valence electrons. The largest absolute Gasteiger partial charge is 0.485 e. The highest BCUT2D eigenvalue weighted by molar-refractivity contribution is 5.90. The maximum absolute atomic E-state index is 13.1. The predicted octanol–water partition coefficient (Wildman–Crippen LogP) is 2.46. The lowest BCUT2D eigenvalue weighted by molar-refractivity contribution is -0.137. The highest BCUT2D eigenvalue weighted by Crippen LogP contribution is 2.25. The van der Waals surface area contributed by atoms with Gasteiger partial charge in [0.1, 0.15) is 18.2 Å². The number of rotatable bonds is 8. The molecule has 0 atom stereocenters. The summed E-state index contributed by atoms with van der Waals surface area (Å²) in [4.78, 5) is 21.9. The highest BCUT2D eigenvalue weighted by Gasteiger charge is 2.11. The molecule has 1 aromatic carbocycles. The minimum absolute atomic E-state index is 0.0257. The van der Waals surface area contributed by atoms with Gasteiger partial charge < -0.3 is 20.5 Å². The van der Waals surface area contributed by atoms with Crippen molar-refractivity contribution in [1.29, 1.82) is 0 Å². The molecule has 0 aliphatic carbocycles. The Kier molecular flexibility index (Phi) is 7.00. The fourth-order valence-corrected chi connectivity index (χ4v) is 1.48. The van der Waals surface area contributed by atoms with Crippen LogP contribution in [-0.2, 0) is 4.79 Å². The van der Waals surface area contributed by atoms with E-state index in [-0.39, 0.29) is 30.8 Å². The number of urea groups is 1. The second-order valence-corrected chi connectivity index (χ2v) is 4.22. The molecule has 2 amide bonds. The first-order valence-corrected chi connectivity index (χ1v) is 6.35. The molecule has 0 aromatic heterocycles. The predicted molar refractivity (Wildman–Crippen MR) is 71.8 cm³/mol. The van der Waals surface area contributed by atoms with E-state index in [1.807, 2.05) is 0 Å². The van der Waals surface area contributed by atoms with Gasteiger partial charge in [-0.3, -0.25) is 4.79 Å². The summed E-state index contributed by atoms with van der Waals surface area (Å²) in [5.41, 5.74) is 0.0257. The van der Waals surface area contributed by atoms with Crippen LogP contribution in [0.15, 0.2) is 18.2 Å². The molecular formula is C13H15F3N2O4. The number of carboxylic acid groups (broad SMARTS) is 1. The molecule has 22 heavy (non-hydrogen) atoms. The van der Waals surface area contributed by atoms with Crippen molar-refractivity contribution in [2.45, 2.75) is 19.3 Å². The van der Waals surface area contributed by atoms with E-state index in [0.29, 0.717) is 0 Å². The molecule has 1 aromatic rings. The molecule has 1 rings (SSSR count). The van der Waals surface area contributed by atoms with Gasteiger partial charge >= 0.3 is 12.0 Å². The summed E-state index contributed by atoms with van der Waals surface area (Å²) >= 11 is 0. The topological polar surface area (TPSA) is 87.7 Å². The lowest BCUT2D eigenvalue weighted by atomic mass is 10.3. The minimum Gasteiger partial charge on any atom is -0.485 e. The number of amides is 2. The summed E-state index contributed by atoms with van der Waals surface area (Å²) in [6.45, 7) is -0.815. The SMILES string of the molecule is O=C(O)CCCNC(=O)Nc1ccc(F)cc1OCC(F)F. The number of hydrogen-bond donors (Lipinski definition) is 3. The number of carbonyl (C=O) groups is 2. The Hall–Kier alpha value is -2.45. The van der Waals surface area contributed by atoms with Gasteiger partial charge in [0.15, 0.2) is 0 Å². The zero-order valence-electron chi connectivity index (χ0n) is 11.4. The quantitative estimate of drug-likeness (QED) is 0.642. The summed E-state index contributed by atoms with van der Waals surface area (Å²) in [7, 11) is 0. The van der Waals surface area contributed by atoms with Crippen molar-refractivity contribution in [3.63, 3.8) is 0 Å². The molecule has 3 N–H and O–H groups in total. The van der Waals surface area contributed by atoms with Crippen LogP contribution >= 0.6 is 0 Å². The second kappa shape index (κ2) is 8.75. The smallest absolute Gasteiger partial charge is 0.319 e. The lowest BCUT2D eigenvalue weighted by Gasteiger charge is -2.13. The van der Waals surface area contributed by atoms with Crippen LogP contribution in [0, 0.1) is 5.82 Å². The van der Waals surface area contributed by atoms with Crippen molar-refractivity contribution in [2.24, 2.45) is 0 Å². The van der Waals surface area contributed by atoms with Crippen LogP contribution in [-0.4, -0.2) is 36.7 Å². The van der Waals surface area contributed by atoms with Gasteiger partial charge in [-0.05, 0) is 18.6 Å². The Morgan fingerprint density at radius 2 is 2.05 bits per heavy atom. The molecule has 0 saturated carbocycles. The number of ether oxygens (including phenoxy) is 1. The van der Waals surface area contributed by atoms with Crippen LogP contribution in [0.5, 0.6) is 5.75 Å². The van der Waals surface area contributed by atoms with Gasteiger partial charge in [-0.15, -0.1) is 0 Å². The van der Waals surface area contributed by atoms with Gasteiger partial charge in [0.25, 0.3) is 6.43 Å². The summed E-state index contributed by atoms with van der Waals surface area (Å²) in [5, 5.41) is 13.1. The third kappa shape index (κ3) is 6.82. The molecule has 6 nitrogen and oxygen atoms in total. The van der Waals surface area contributed by atoms with Crippen molar-refractivity contribution in [2.75, 3.05) is 18.5 Å². The van der Waals surface area contributed by atoms with E-state index in [2.05, 4.69) is 10.6 Å². The summed E-state index contributed by atoms with van der Waals surface area (Å²) in [6.07, 6.45) is -2.60. The van der Waals surface area contributed by atoms with Crippen LogP contribution < -0.4 is 15.4 Å². The molecule has 0 unspecified atom stereocenters. The Balaban J connectivity index is 2.56. The van der Waals surface area contributed by atoms with Crippen LogP contribution in [0.1, 0.15) is 12.8 Å². The Labute approximate surface area is 124 Å². The average Bonchev–Trinajstić information content (AvgIpc) is 2.43. The highest BCUT2D eigenvalue weighted by atomic mass is 19.3. The maximum atomic E-state index is 13.1. The van der Waals surface area contributed by atoms with Crippen molar-refractivity contribution < 1.29 is 32.6 Å². The molecule has 0 saturated heterocycles. The third-order valence-corrected chi connectivity index (χ3v) is 2.41. The number of benzene rings is 1. The molecular weight excluding hydrogens is 305 g/mol. The normalized spacial score (nSPS) is 10.4. The first-order chi connectivity index (χ1) is 10.4. The van der Waals surface area contributed by atoms with E-state index in [9.17, 15) is 22.8 Å². The van der Waals surface area contributed by atoms with Gasteiger partial charge in [0.2, 0.25) is 0 Å². The fraction of sp³-hybridized carbons (Fsp3) is 0.385. The third-order valence-electron chi connectivity index (χ3n) is 2.41. The zero-order valence-corrected chi connectivity index (χ0v) is 11.4. The number of alkyl halides is 2. The average molecular weight is 320 g/mol. The molecule has 0 fully saturated rings. The van der Waals surface area contributed by atoms with E-state index < -0.39 is 30.8 Å². The minimum atomic E-state index is -2.74. The standard InChI is InChI=1S/C13H15F3N2O4/c14-8-3-4-9(10(6-8)22-7-11(15)16)18-13(21)17-5-1-2-12(19)20/h3-4,6,11H,1-2,5,7H2,(H,19,20)(H2,17,18,21). The van der Waals surface area contributed by atoms with E-state index in [1.54, 1.807) is 0 Å². The molecule has 0 bridgehead atoms. The molecule has 0 heterocycles. The first-order valence-electron chi connectivity index (χ1n) is 6.35. The van der Waals surface area contributed by atoms with E-state index in [4.69, 9.17) is 9.84 Å². The second-order valence-electron chi connectivity index (χ2n) is 4.22. The van der Waals surface area contributed by atoms with Crippen molar-refractivity contribution in [3.8, 4) is 5.75 Å².